The van der Waals surface area contributed by atoms with E-state index in [1.54, 1.807) is 23.5 Å². The number of benzene rings is 2. The van der Waals surface area contributed by atoms with Crippen molar-refractivity contribution < 1.29 is 0 Å². The van der Waals surface area contributed by atoms with Gasteiger partial charge in [0.05, 0.1) is 0 Å². The van der Waals surface area contributed by atoms with Crippen LogP contribution in [0.5, 0.6) is 0 Å². The lowest BCUT2D eigenvalue weighted by atomic mass is 10.3. The van der Waals surface area contributed by atoms with E-state index in [2.05, 4.69) is 61.7 Å². The van der Waals surface area contributed by atoms with Crippen LogP contribution in [0.15, 0.2) is 65.8 Å². The van der Waals surface area contributed by atoms with Crippen molar-refractivity contribution in [2.75, 3.05) is 0 Å². The first-order valence-electron chi connectivity index (χ1n) is 4.75. The van der Waals surface area contributed by atoms with Crippen LogP contribution in [0.1, 0.15) is 0 Å². The van der Waals surface area contributed by atoms with Crippen LogP contribution in [0.2, 0.25) is 0 Å². The van der Waals surface area contributed by atoms with Gasteiger partial charge < -0.3 is 0 Å². The van der Waals surface area contributed by atoms with Gasteiger partial charge in [0.25, 0.3) is 0 Å². The quantitative estimate of drug-likeness (QED) is 0.563. The molecule has 0 bridgehead atoms. The highest BCUT2D eigenvalue weighted by atomic mass is 32.2. The molecule has 0 saturated carbocycles. The first-order chi connectivity index (χ1) is 7.74. The monoisotopic (exact) mass is 280 g/mol. The molecule has 1 aliphatic heterocycles. The summed E-state index contributed by atoms with van der Waals surface area (Å²) in [5, 5.41) is 0. The Bertz CT molecular complexity index is 513. The van der Waals surface area contributed by atoms with E-state index >= 15 is 0 Å². The molecule has 1 heterocycles. The lowest BCUT2D eigenvalue weighted by Gasteiger charge is -2.18. The highest BCUT2D eigenvalue weighted by Gasteiger charge is 2.17. The second-order valence-corrected chi connectivity index (χ2v) is 6.57. The summed E-state index contributed by atoms with van der Waals surface area (Å²) in [5.74, 6) is 0. The van der Waals surface area contributed by atoms with E-state index in [0.717, 1.165) is 9.79 Å². The molecule has 0 unspecified atom stereocenters. The van der Waals surface area contributed by atoms with Crippen molar-refractivity contribution in [2.45, 2.75) is 29.4 Å². The van der Waals surface area contributed by atoms with E-state index in [-0.39, 0.29) is 0 Å². The molecule has 0 nitrogen and oxygen atoms in total. The molecular formula is C12H8S4. The average Bonchev–Trinajstić information content (AvgIpc) is 2.28. The standard InChI is InChI=1S/C12H8S4/c13-7-5-11-12(6-8(7)14)16-10-4-2-1-3-9(10)15-11/h1-6,13-14H. The van der Waals surface area contributed by atoms with Crippen molar-refractivity contribution in [3.8, 4) is 0 Å². The van der Waals surface area contributed by atoms with Gasteiger partial charge in [0.1, 0.15) is 0 Å². The maximum absolute atomic E-state index is 4.40. The molecule has 0 spiro atoms. The fraction of sp³-hybridized carbons (Fsp3) is 0. The van der Waals surface area contributed by atoms with Crippen molar-refractivity contribution in [3.63, 3.8) is 0 Å². The molecule has 0 radical (unpaired) electrons. The molecule has 4 heteroatoms. The summed E-state index contributed by atoms with van der Waals surface area (Å²) in [4.78, 5) is 7.06. The lowest BCUT2D eigenvalue weighted by Crippen LogP contribution is -1.89. The van der Waals surface area contributed by atoms with E-state index < -0.39 is 0 Å². The Morgan fingerprint density at radius 3 is 1.56 bits per heavy atom. The van der Waals surface area contributed by atoms with Crippen LogP contribution in [0.25, 0.3) is 0 Å². The molecule has 16 heavy (non-hydrogen) atoms. The number of hydrogen-bond donors (Lipinski definition) is 2. The van der Waals surface area contributed by atoms with Crippen LogP contribution in [0.3, 0.4) is 0 Å². The Labute approximate surface area is 114 Å². The van der Waals surface area contributed by atoms with Gasteiger partial charge in [0, 0.05) is 29.4 Å². The van der Waals surface area contributed by atoms with E-state index in [1.165, 1.54) is 19.6 Å². The molecule has 1 aliphatic rings. The normalized spacial score (nSPS) is 13.1. The average molecular weight is 280 g/mol. The second kappa shape index (κ2) is 4.26. The van der Waals surface area contributed by atoms with Crippen LogP contribution in [-0.2, 0) is 0 Å². The lowest BCUT2D eigenvalue weighted by molar-refractivity contribution is 1.07. The maximum Gasteiger partial charge on any atom is 0.0274 e. The van der Waals surface area contributed by atoms with Crippen molar-refractivity contribution in [3.05, 3.63) is 36.4 Å². The fourth-order valence-electron chi connectivity index (χ4n) is 1.55. The van der Waals surface area contributed by atoms with Crippen molar-refractivity contribution >= 4 is 48.8 Å². The first kappa shape index (κ1) is 11.0. The zero-order valence-corrected chi connectivity index (χ0v) is 11.6. The molecule has 0 N–H and O–H groups in total. The van der Waals surface area contributed by atoms with Crippen LogP contribution in [-0.4, -0.2) is 0 Å². The Morgan fingerprint density at radius 1 is 0.688 bits per heavy atom. The third kappa shape index (κ3) is 1.88. The third-order valence-electron chi connectivity index (χ3n) is 2.33. The Balaban J connectivity index is 2.12. The molecule has 0 fully saturated rings. The molecule has 2 aromatic carbocycles. The van der Waals surface area contributed by atoms with Gasteiger partial charge in [-0.05, 0) is 24.3 Å². The maximum atomic E-state index is 4.40. The Kier molecular flexibility index (Phi) is 2.92. The van der Waals surface area contributed by atoms with Crippen LogP contribution in [0, 0.1) is 0 Å². The van der Waals surface area contributed by atoms with Gasteiger partial charge in [-0.3, -0.25) is 0 Å². The van der Waals surface area contributed by atoms with Crippen LogP contribution >= 0.6 is 48.8 Å². The highest BCUT2D eigenvalue weighted by molar-refractivity contribution is 8.05. The second-order valence-electron chi connectivity index (χ2n) is 3.44. The van der Waals surface area contributed by atoms with Crippen molar-refractivity contribution in [1.82, 2.24) is 0 Å². The predicted octanol–water partition coefficient (Wildman–Crippen LogP) is 4.88. The largest absolute Gasteiger partial charge is 0.142 e. The number of rotatable bonds is 0. The summed E-state index contributed by atoms with van der Waals surface area (Å²) in [6.45, 7) is 0. The number of hydrogen-bond acceptors (Lipinski definition) is 4. The van der Waals surface area contributed by atoms with E-state index in [9.17, 15) is 0 Å². The fourth-order valence-corrected chi connectivity index (χ4v) is 4.39. The summed E-state index contributed by atoms with van der Waals surface area (Å²) in [6, 6.07) is 12.6. The molecule has 3 rings (SSSR count). The molecule has 2 aromatic rings. The first-order valence-corrected chi connectivity index (χ1v) is 7.27. The van der Waals surface area contributed by atoms with Crippen molar-refractivity contribution in [1.29, 1.82) is 0 Å². The number of thiol groups is 2. The molecule has 80 valence electrons. The highest BCUT2D eigenvalue weighted by Crippen LogP contribution is 2.49. The van der Waals surface area contributed by atoms with Gasteiger partial charge >= 0.3 is 0 Å². The minimum absolute atomic E-state index is 0.939. The van der Waals surface area contributed by atoms with Gasteiger partial charge in [0.2, 0.25) is 0 Å². The molecule has 0 amide bonds. The van der Waals surface area contributed by atoms with Gasteiger partial charge in [0.15, 0.2) is 0 Å². The minimum atomic E-state index is 0.939. The smallest absolute Gasteiger partial charge is 0.0274 e. The molecule has 0 saturated heterocycles. The molecule has 0 atom stereocenters. The summed E-state index contributed by atoms with van der Waals surface area (Å²) in [5.41, 5.74) is 0. The van der Waals surface area contributed by atoms with Gasteiger partial charge in [-0.25, -0.2) is 0 Å². The van der Waals surface area contributed by atoms with E-state index in [1.807, 2.05) is 0 Å². The molecule has 0 aromatic heterocycles. The topological polar surface area (TPSA) is 0 Å². The molecule has 0 aliphatic carbocycles. The zero-order valence-electron chi connectivity index (χ0n) is 8.18. The van der Waals surface area contributed by atoms with Gasteiger partial charge in [-0.1, -0.05) is 35.7 Å². The minimum Gasteiger partial charge on any atom is -0.142 e. The summed E-state index contributed by atoms with van der Waals surface area (Å²) in [6.07, 6.45) is 0. The van der Waals surface area contributed by atoms with Gasteiger partial charge in [-0.15, -0.1) is 25.3 Å². The Morgan fingerprint density at radius 2 is 1.12 bits per heavy atom. The number of fused-ring (bicyclic) bond motifs is 2. The summed E-state index contributed by atoms with van der Waals surface area (Å²) >= 11 is 12.4. The van der Waals surface area contributed by atoms with Crippen molar-refractivity contribution in [2.24, 2.45) is 0 Å². The van der Waals surface area contributed by atoms with E-state index in [0.29, 0.717) is 0 Å². The third-order valence-corrected chi connectivity index (χ3v) is 5.77. The molecular weight excluding hydrogens is 272 g/mol. The predicted molar refractivity (Wildman–Crippen MR) is 75.6 cm³/mol. The van der Waals surface area contributed by atoms with Crippen LogP contribution in [0.4, 0.5) is 0 Å². The SMILES string of the molecule is Sc1cc2c(cc1S)Sc1ccccc1S2. The summed E-state index contributed by atoms with van der Waals surface area (Å²) < 4.78 is 0. The summed E-state index contributed by atoms with van der Waals surface area (Å²) in [7, 11) is 0. The zero-order chi connectivity index (χ0) is 11.1. The van der Waals surface area contributed by atoms with Crippen LogP contribution < -0.4 is 0 Å². The Hall–Kier alpha value is -0.160. The van der Waals surface area contributed by atoms with Gasteiger partial charge in [-0.2, -0.15) is 0 Å². The van der Waals surface area contributed by atoms with E-state index in [4.69, 9.17) is 0 Å².